The number of aromatic nitrogens is 3. The van der Waals surface area contributed by atoms with E-state index < -0.39 is 0 Å². The average Bonchev–Trinajstić information content (AvgIpc) is 3.19. The molecule has 0 fully saturated rings. The number of hydrogen-bond acceptors (Lipinski definition) is 4. The Balaban J connectivity index is 1.56. The first kappa shape index (κ1) is 13.1. The number of furan rings is 1. The van der Waals surface area contributed by atoms with Gasteiger partial charge in [0.1, 0.15) is 5.76 Å². The van der Waals surface area contributed by atoms with E-state index in [1.165, 1.54) is 4.80 Å². The summed E-state index contributed by atoms with van der Waals surface area (Å²) in [4.78, 5) is 13.4. The Morgan fingerprint density at radius 2 is 1.90 bits per heavy atom. The fourth-order valence-electron chi connectivity index (χ4n) is 1.94. The Bertz CT molecular complexity index is 688. The highest BCUT2D eigenvalue weighted by molar-refractivity contribution is 5.90. The second-order valence-corrected chi connectivity index (χ2v) is 4.49. The molecule has 1 aromatic carbocycles. The summed E-state index contributed by atoms with van der Waals surface area (Å²) in [5.74, 6) is 0.765. The summed E-state index contributed by atoms with van der Waals surface area (Å²) in [7, 11) is 0. The smallest absolute Gasteiger partial charge is 0.224 e. The number of hydrogen-bond donors (Lipinski definition) is 1. The van der Waals surface area contributed by atoms with Crippen LogP contribution < -0.4 is 5.32 Å². The summed E-state index contributed by atoms with van der Waals surface area (Å²) >= 11 is 0. The number of rotatable bonds is 5. The Kier molecular flexibility index (Phi) is 3.77. The molecule has 2 heterocycles. The highest BCUT2D eigenvalue weighted by Gasteiger charge is 2.05. The lowest BCUT2D eigenvalue weighted by Gasteiger charge is -2.05. The van der Waals surface area contributed by atoms with Gasteiger partial charge in [0.2, 0.25) is 5.91 Å². The Hall–Kier alpha value is -2.89. The van der Waals surface area contributed by atoms with Crippen LogP contribution in [0.5, 0.6) is 0 Å². The SMILES string of the molecule is O=C(CCc1ccco1)Nc1ccc(-n2nccn2)cc1. The maximum atomic E-state index is 11.8. The van der Waals surface area contributed by atoms with Crippen LogP contribution in [0.3, 0.4) is 0 Å². The molecule has 0 aliphatic rings. The molecular weight excluding hydrogens is 268 g/mol. The van der Waals surface area contributed by atoms with Crippen molar-refractivity contribution in [1.29, 1.82) is 0 Å². The van der Waals surface area contributed by atoms with E-state index >= 15 is 0 Å². The molecule has 1 N–H and O–H groups in total. The number of benzene rings is 1. The number of carbonyl (C=O) groups excluding carboxylic acids is 1. The van der Waals surface area contributed by atoms with E-state index in [-0.39, 0.29) is 5.91 Å². The van der Waals surface area contributed by atoms with Gasteiger partial charge in [-0.25, -0.2) is 0 Å². The molecular formula is C15H14N4O2. The number of nitrogens with zero attached hydrogens (tertiary/aromatic N) is 3. The number of nitrogens with one attached hydrogen (secondary N) is 1. The lowest BCUT2D eigenvalue weighted by atomic mass is 10.2. The maximum absolute atomic E-state index is 11.8. The topological polar surface area (TPSA) is 73.0 Å². The Morgan fingerprint density at radius 3 is 2.57 bits per heavy atom. The zero-order valence-corrected chi connectivity index (χ0v) is 11.3. The van der Waals surface area contributed by atoms with Gasteiger partial charge in [0, 0.05) is 18.5 Å². The highest BCUT2D eigenvalue weighted by atomic mass is 16.3. The summed E-state index contributed by atoms with van der Waals surface area (Å²) in [5.41, 5.74) is 1.59. The van der Waals surface area contributed by atoms with Crippen molar-refractivity contribution in [3.05, 3.63) is 60.8 Å². The molecule has 0 saturated heterocycles. The van der Waals surface area contributed by atoms with E-state index in [1.807, 2.05) is 36.4 Å². The van der Waals surface area contributed by atoms with Crippen LogP contribution in [0.4, 0.5) is 5.69 Å². The van der Waals surface area contributed by atoms with Crippen molar-refractivity contribution in [2.24, 2.45) is 0 Å². The Labute approximate surface area is 121 Å². The van der Waals surface area contributed by atoms with Crippen molar-refractivity contribution in [2.75, 3.05) is 5.32 Å². The van der Waals surface area contributed by atoms with Crippen LogP contribution in [0.2, 0.25) is 0 Å². The molecule has 2 aromatic heterocycles. The van der Waals surface area contributed by atoms with E-state index in [0.29, 0.717) is 12.8 Å². The molecule has 3 rings (SSSR count). The fourth-order valence-corrected chi connectivity index (χ4v) is 1.94. The molecule has 0 spiro atoms. The van der Waals surface area contributed by atoms with E-state index in [9.17, 15) is 4.79 Å². The second kappa shape index (κ2) is 6.04. The average molecular weight is 282 g/mol. The Morgan fingerprint density at radius 1 is 1.14 bits per heavy atom. The second-order valence-electron chi connectivity index (χ2n) is 4.49. The van der Waals surface area contributed by atoms with Crippen molar-refractivity contribution in [2.45, 2.75) is 12.8 Å². The predicted molar refractivity (Wildman–Crippen MR) is 77.0 cm³/mol. The molecule has 21 heavy (non-hydrogen) atoms. The van der Waals surface area contributed by atoms with Gasteiger partial charge in [-0.05, 0) is 36.4 Å². The van der Waals surface area contributed by atoms with Gasteiger partial charge in [0.05, 0.1) is 24.3 Å². The van der Waals surface area contributed by atoms with Gasteiger partial charge in [-0.15, -0.1) is 0 Å². The normalized spacial score (nSPS) is 10.5. The van der Waals surface area contributed by atoms with Crippen LogP contribution >= 0.6 is 0 Å². The minimum absolute atomic E-state index is 0.0450. The zero-order chi connectivity index (χ0) is 14.5. The summed E-state index contributed by atoms with van der Waals surface area (Å²) in [6.45, 7) is 0. The molecule has 1 amide bonds. The maximum Gasteiger partial charge on any atom is 0.224 e. The number of anilines is 1. The summed E-state index contributed by atoms with van der Waals surface area (Å²) < 4.78 is 5.19. The van der Waals surface area contributed by atoms with Crippen LogP contribution in [-0.4, -0.2) is 20.9 Å². The van der Waals surface area contributed by atoms with Crippen molar-refractivity contribution in [3.8, 4) is 5.69 Å². The molecule has 6 heteroatoms. The van der Waals surface area contributed by atoms with Gasteiger partial charge < -0.3 is 9.73 Å². The summed E-state index contributed by atoms with van der Waals surface area (Å²) in [5, 5.41) is 10.9. The number of amides is 1. The quantitative estimate of drug-likeness (QED) is 0.780. The third-order valence-electron chi connectivity index (χ3n) is 2.98. The molecule has 3 aromatic rings. The van der Waals surface area contributed by atoms with Gasteiger partial charge in [-0.3, -0.25) is 4.79 Å². The molecule has 106 valence electrons. The lowest BCUT2D eigenvalue weighted by molar-refractivity contribution is -0.116. The van der Waals surface area contributed by atoms with Crippen LogP contribution in [-0.2, 0) is 11.2 Å². The molecule has 0 saturated carbocycles. The van der Waals surface area contributed by atoms with E-state index in [4.69, 9.17) is 4.42 Å². The van der Waals surface area contributed by atoms with Gasteiger partial charge >= 0.3 is 0 Å². The largest absolute Gasteiger partial charge is 0.469 e. The molecule has 0 radical (unpaired) electrons. The fraction of sp³-hybridized carbons (Fsp3) is 0.133. The minimum atomic E-state index is -0.0450. The first-order valence-corrected chi connectivity index (χ1v) is 6.60. The summed E-state index contributed by atoms with van der Waals surface area (Å²) in [6, 6.07) is 11.0. The van der Waals surface area contributed by atoms with Crippen LogP contribution in [0.15, 0.2) is 59.5 Å². The monoisotopic (exact) mass is 282 g/mol. The van der Waals surface area contributed by atoms with Gasteiger partial charge in [0.25, 0.3) is 0 Å². The van der Waals surface area contributed by atoms with Crippen LogP contribution in [0.25, 0.3) is 5.69 Å². The third-order valence-corrected chi connectivity index (χ3v) is 2.98. The highest BCUT2D eigenvalue weighted by Crippen LogP contribution is 2.12. The van der Waals surface area contributed by atoms with Gasteiger partial charge in [-0.2, -0.15) is 15.0 Å². The standard InChI is InChI=1S/C15H14N4O2/c20-15(8-7-14-2-1-11-21-14)18-12-3-5-13(6-4-12)19-16-9-10-17-19/h1-6,9-11H,7-8H2,(H,18,20). The lowest BCUT2D eigenvalue weighted by Crippen LogP contribution is -2.12. The third kappa shape index (κ3) is 3.36. The molecule has 0 atom stereocenters. The van der Waals surface area contributed by atoms with Crippen LogP contribution in [0.1, 0.15) is 12.2 Å². The molecule has 0 aliphatic heterocycles. The predicted octanol–water partition coefficient (Wildman–Crippen LogP) is 2.43. The number of aryl methyl sites for hydroxylation is 1. The van der Waals surface area contributed by atoms with Crippen molar-refractivity contribution in [1.82, 2.24) is 15.0 Å². The first-order chi connectivity index (χ1) is 10.3. The summed E-state index contributed by atoms with van der Waals surface area (Å²) in [6.07, 6.45) is 5.81. The minimum Gasteiger partial charge on any atom is -0.469 e. The van der Waals surface area contributed by atoms with Gasteiger partial charge in [-0.1, -0.05) is 0 Å². The molecule has 6 nitrogen and oxygen atoms in total. The zero-order valence-electron chi connectivity index (χ0n) is 11.3. The van der Waals surface area contributed by atoms with E-state index in [2.05, 4.69) is 15.5 Å². The van der Waals surface area contributed by atoms with Crippen LogP contribution in [0, 0.1) is 0 Å². The van der Waals surface area contributed by atoms with Crippen molar-refractivity contribution < 1.29 is 9.21 Å². The molecule has 0 bridgehead atoms. The van der Waals surface area contributed by atoms with E-state index in [0.717, 1.165) is 17.1 Å². The molecule has 0 unspecified atom stereocenters. The number of carbonyl (C=O) groups is 1. The van der Waals surface area contributed by atoms with Crippen molar-refractivity contribution in [3.63, 3.8) is 0 Å². The molecule has 0 aliphatic carbocycles. The van der Waals surface area contributed by atoms with Gasteiger partial charge in [0.15, 0.2) is 0 Å². The van der Waals surface area contributed by atoms with E-state index in [1.54, 1.807) is 18.7 Å². The van der Waals surface area contributed by atoms with Crippen molar-refractivity contribution >= 4 is 11.6 Å². The first-order valence-electron chi connectivity index (χ1n) is 6.60.